The second-order valence-electron chi connectivity index (χ2n) is 3.59. The van der Waals surface area contributed by atoms with Crippen molar-refractivity contribution in [3.63, 3.8) is 0 Å². The van der Waals surface area contributed by atoms with Crippen LogP contribution < -0.4 is 5.32 Å². The number of hydrogen-bond acceptors (Lipinski definition) is 2. The molecule has 0 aliphatic heterocycles. The van der Waals surface area contributed by atoms with E-state index in [1.807, 2.05) is 13.0 Å². The molecule has 1 atom stereocenters. The lowest BCUT2D eigenvalue weighted by Gasteiger charge is -2.09. The Labute approximate surface area is 114 Å². The molecular formula is C12H12BrClN2O. The van der Waals surface area contributed by atoms with Crippen LogP contribution in [0.25, 0.3) is 0 Å². The lowest BCUT2D eigenvalue weighted by molar-refractivity contribution is -0.118. The summed E-state index contributed by atoms with van der Waals surface area (Å²) in [6.45, 7) is 1.94. The van der Waals surface area contributed by atoms with Gasteiger partial charge >= 0.3 is 0 Å². The lowest BCUT2D eigenvalue weighted by Crippen LogP contribution is -2.21. The molecule has 17 heavy (non-hydrogen) atoms. The third kappa shape index (κ3) is 4.03. The minimum absolute atomic E-state index is 0.285. The molecule has 1 unspecified atom stereocenters. The minimum Gasteiger partial charge on any atom is -0.325 e. The summed E-state index contributed by atoms with van der Waals surface area (Å²) in [6.07, 6.45) is 1.36. The van der Waals surface area contributed by atoms with E-state index < -0.39 is 5.92 Å². The number of benzene rings is 1. The van der Waals surface area contributed by atoms with Gasteiger partial charge in [-0.05, 0) is 40.5 Å². The quantitative estimate of drug-likeness (QED) is 0.913. The van der Waals surface area contributed by atoms with E-state index in [0.29, 0.717) is 17.1 Å². The fourth-order valence-corrected chi connectivity index (χ4v) is 1.77. The molecule has 1 aromatic carbocycles. The summed E-state index contributed by atoms with van der Waals surface area (Å²) in [5.41, 5.74) is 0.597. The first-order valence-electron chi connectivity index (χ1n) is 5.24. The summed E-state index contributed by atoms with van der Waals surface area (Å²) in [5, 5.41) is 12.1. The van der Waals surface area contributed by atoms with Gasteiger partial charge in [0.05, 0.1) is 11.1 Å². The number of nitrogens with one attached hydrogen (secondary N) is 1. The van der Waals surface area contributed by atoms with Gasteiger partial charge in [-0.3, -0.25) is 4.79 Å². The van der Waals surface area contributed by atoms with Gasteiger partial charge in [0.2, 0.25) is 5.91 Å². The van der Waals surface area contributed by atoms with E-state index in [2.05, 4.69) is 21.2 Å². The number of nitrogens with zero attached hydrogens (tertiary/aromatic N) is 1. The number of hydrogen-bond donors (Lipinski definition) is 1. The zero-order valence-electron chi connectivity index (χ0n) is 9.34. The maximum Gasteiger partial charge on any atom is 0.241 e. The molecule has 0 aliphatic carbocycles. The molecule has 1 amide bonds. The average molecular weight is 316 g/mol. The number of carbonyl (C=O) groups is 1. The Morgan fingerprint density at radius 3 is 2.88 bits per heavy atom. The number of amides is 1. The third-order valence-corrected chi connectivity index (χ3v) is 3.47. The largest absolute Gasteiger partial charge is 0.325 e. The Morgan fingerprint density at radius 1 is 1.65 bits per heavy atom. The van der Waals surface area contributed by atoms with Crippen molar-refractivity contribution in [1.29, 1.82) is 5.26 Å². The number of rotatable bonds is 4. The van der Waals surface area contributed by atoms with Crippen LogP contribution >= 0.6 is 27.5 Å². The predicted octanol–water partition coefficient (Wildman–Crippen LogP) is 3.98. The monoisotopic (exact) mass is 314 g/mol. The fraction of sp³-hybridized carbons (Fsp3) is 0.333. The summed E-state index contributed by atoms with van der Waals surface area (Å²) in [6, 6.07) is 7.12. The van der Waals surface area contributed by atoms with Crippen LogP contribution in [0.4, 0.5) is 5.69 Å². The van der Waals surface area contributed by atoms with Crippen LogP contribution in [0.3, 0.4) is 0 Å². The highest BCUT2D eigenvalue weighted by molar-refractivity contribution is 9.10. The Kier molecular flexibility index (Phi) is 5.46. The summed E-state index contributed by atoms with van der Waals surface area (Å²) < 4.78 is 0.766. The molecule has 1 N–H and O–H groups in total. The van der Waals surface area contributed by atoms with E-state index in [1.54, 1.807) is 18.2 Å². The van der Waals surface area contributed by atoms with Crippen molar-refractivity contribution in [2.45, 2.75) is 19.8 Å². The Hall–Kier alpha value is -1.05. The van der Waals surface area contributed by atoms with Gasteiger partial charge in [-0.25, -0.2) is 0 Å². The molecular weight excluding hydrogens is 304 g/mol. The van der Waals surface area contributed by atoms with E-state index in [-0.39, 0.29) is 5.91 Å². The molecule has 0 spiro atoms. The van der Waals surface area contributed by atoms with Crippen molar-refractivity contribution in [3.8, 4) is 6.07 Å². The second-order valence-corrected chi connectivity index (χ2v) is 4.85. The van der Waals surface area contributed by atoms with Crippen molar-refractivity contribution in [2.75, 3.05) is 5.32 Å². The normalized spacial score (nSPS) is 11.6. The maximum absolute atomic E-state index is 11.7. The van der Waals surface area contributed by atoms with Gasteiger partial charge in [-0.2, -0.15) is 5.26 Å². The minimum atomic E-state index is -0.609. The molecule has 0 saturated heterocycles. The highest BCUT2D eigenvalue weighted by atomic mass is 79.9. The lowest BCUT2D eigenvalue weighted by atomic mass is 10.0. The van der Waals surface area contributed by atoms with Crippen LogP contribution in [0.15, 0.2) is 22.7 Å². The van der Waals surface area contributed by atoms with E-state index in [1.165, 1.54) is 0 Å². The number of nitriles is 1. The van der Waals surface area contributed by atoms with Crippen LogP contribution in [0.1, 0.15) is 19.8 Å². The van der Waals surface area contributed by atoms with Crippen LogP contribution in [0.5, 0.6) is 0 Å². The van der Waals surface area contributed by atoms with Gasteiger partial charge in [0.25, 0.3) is 0 Å². The second kappa shape index (κ2) is 6.63. The highest BCUT2D eigenvalue weighted by Gasteiger charge is 2.16. The van der Waals surface area contributed by atoms with Crippen LogP contribution in [0, 0.1) is 17.2 Å². The zero-order valence-corrected chi connectivity index (χ0v) is 11.7. The molecule has 1 aromatic rings. The van der Waals surface area contributed by atoms with Crippen molar-refractivity contribution in [2.24, 2.45) is 5.92 Å². The molecule has 0 fully saturated rings. The molecule has 0 radical (unpaired) electrons. The number of carbonyl (C=O) groups excluding carboxylic acids is 1. The molecule has 0 bridgehead atoms. The van der Waals surface area contributed by atoms with Crippen LogP contribution in [-0.4, -0.2) is 5.91 Å². The van der Waals surface area contributed by atoms with Crippen molar-refractivity contribution >= 4 is 39.1 Å². The predicted molar refractivity (Wildman–Crippen MR) is 71.8 cm³/mol. The van der Waals surface area contributed by atoms with Gasteiger partial charge in [0, 0.05) is 10.2 Å². The third-order valence-electron chi connectivity index (χ3n) is 2.24. The zero-order chi connectivity index (χ0) is 12.8. The first-order valence-corrected chi connectivity index (χ1v) is 6.41. The molecule has 5 heteroatoms. The molecule has 0 aromatic heterocycles. The average Bonchev–Trinajstić information content (AvgIpc) is 2.30. The molecule has 3 nitrogen and oxygen atoms in total. The van der Waals surface area contributed by atoms with E-state index in [9.17, 15) is 4.79 Å². The summed E-state index contributed by atoms with van der Waals surface area (Å²) in [5.74, 6) is -0.893. The Bertz CT molecular complexity index is 456. The molecule has 90 valence electrons. The molecule has 0 saturated carbocycles. The molecule has 0 aliphatic rings. The summed E-state index contributed by atoms with van der Waals surface area (Å²) >= 11 is 9.17. The first-order chi connectivity index (χ1) is 8.08. The van der Waals surface area contributed by atoms with Crippen molar-refractivity contribution < 1.29 is 4.79 Å². The van der Waals surface area contributed by atoms with E-state index in [0.717, 1.165) is 10.9 Å². The molecule has 1 rings (SSSR count). The first kappa shape index (κ1) is 14.0. The number of halogens is 2. The van der Waals surface area contributed by atoms with Crippen LogP contribution in [0.2, 0.25) is 5.02 Å². The van der Waals surface area contributed by atoms with Gasteiger partial charge in [-0.1, -0.05) is 24.9 Å². The smallest absolute Gasteiger partial charge is 0.241 e. The topological polar surface area (TPSA) is 52.9 Å². The highest BCUT2D eigenvalue weighted by Crippen LogP contribution is 2.25. The Balaban J connectivity index is 2.74. The SMILES string of the molecule is CCCC(C#N)C(=O)Nc1ccc(Br)c(Cl)c1. The maximum atomic E-state index is 11.7. The standard InChI is InChI=1S/C12H12BrClN2O/c1-2-3-8(7-15)12(17)16-9-4-5-10(13)11(14)6-9/h4-6,8H,2-3H2,1H3,(H,16,17). The summed E-state index contributed by atoms with van der Waals surface area (Å²) in [7, 11) is 0. The summed E-state index contributed by atoms with van der Waals surface area (Å²) in [4.78, 5) is 11.7. The van der Waals surface area contributed by atoms with Gasteiger partial charge in [0.1, 0.15) is 5.92 Å². The van der Waals surface area contributed by atoms with Crippen molar-refractivity contribution in [1.82, 2.24) is 0 Å². The van der Waals surface area contributed by atoms with Gasteiger partial charge in [0.15, 0.2) is 0 Å². The molecule has 0 heterocycles. The van der Waals surface area contributed by atoms with Crippen LogP contribution in [-0.2, 0) is 4.79 Å². The van der Waals surface area contributed by atoms with Gasteiger partial charge < -0.3 is 5.32 Å². The van der Waals surface area contributed by atoms with Gasteiger partial charge in [-0.15, -0.1) is 0 Å². The number of anilines is 1. The van der Waals surface area contributed by atoms with E-state index >= 15 is 0 Å². The fourth-order valence-electron chi connectivity index (χ4n) is 1.35. The van der Waals surface area contributed by atoms with Crippen molar-refractivity contribution in [3.05, 3.63) is 27.7 Å². The Morgan fingerprint density at radius 2 is 2.35 bits per heavy atom. The van der Waals surface area contributed by atoms with E-state index in [4.69, 9.17) is 16.9 Å².